The Morgan fingerprint density at radius 2 is 1.86 bits per heavy atom. The maximum atomic E-state index is 14.5. The second-order valence-corrected chi connectivity index (χ2v) is 7.51. The molecule has 1 heterocycles. The Kier molecular flexibility index (Phi) is 6.47. The fraction of sp³-hybridized carbons (Fsp3) is 0.333. The van der Waals surface area contributed by atoms with Crippen molar-refractivity contribution in [3.8, 4) is 11.1 Å². The highest BCUT2D eigenvalue weighted by molar-refractivity contribution is 5.86. The molecule has 1 aliphatic rings. The molecule has 4 nitrogen and oxygen atoms in total. The third-order valence-electron chi connectivity index (χ3n) is 5.61. The van der Waals surface area contributed by atoms with Crippen molar-refractivity contribution in [3.05, 3.63) is 72.6 Å². The first-order valence-corrected chi connectivity index (χ1v) is 10.0. The van der Waals surface area contributed by atoms with Crippen molar-refractivity contribution >= 4 is 11.8 Å². The molecule has 0 saturated carbocycles. The number of likely N-dealkylation sites (tertiary alicyclic amines) is 1. The summed E-state index contributed by atoms with van der Waals surface area (Å²) in [6.07, 6.45) is 3.07. The van der Waals surface area contributed by atoms with E-state index in [1.54, 1.807) is 29.2 Å². The molecule has 0 bridgehead atoms. The zero-order chi connectivity index (χ0) is 20.9. The van der Waals surface area contributed by atoms with Gasteiger partial charge in [-0.15, -0.1) is 6.58 Å². The van der Waals surface area contributed by atoms with Crippen molar-refractivity contribution in [1.29, 1.82) is 0 Å². The fourth-order valence-electron chi connectivity index (χ4n) is 4.05. The maximum absolute atomic E-state index is 14.5. The molecule has 2 aromatic carbocycles. The summed E-state index contributed by atoms with van der Waals surface area (Å²) in [5, 5.41) is 2.91. The van der Waals surface area contributed by atoms with Crippen LogP contribution in [0.25, 0.3) is 11.1 Å². The number of carbonyl (C=O) groups is 2. The molecular weight excluding hydrogens is 367 g/mol. The van der Waals surface area contributed by atoms with E-state index in [2.05, 4.69) is 11.9 Å². The lowest BCUT2D eigenvalue weighted by atomic mass is 9.78. The highest BCUT2D eigenvalue weighted by Gasteiger charge is 2.45. The Balaban J connectivity index is 1.98. The van der Waals surface area contributed by atoms with Gasteiger partial charge in [-0.25, -0.2) is 4.39 Å². The van der Waals surface area contributed by atoms with Crippen LogP contribution in [0.2, 0.25) is 0 Å². The van der Waals surface area contributed by atoms with E-state index >= 15 is 0 Å². The molecule has 1 saturated heterocycles. The molecule has 0 spiro atoms. The van der Waals surface area contributed by atoms with Crippen LogP contribution < -0.4 is 5.32 Å². The van der Waals surface area contributed by atoms with E-state index in [4.69, 9.17) is 0 Å². The molecule has 1 atom stereocenters. The summed E-state index contributed by atoms with van der Waals surface area (Å²) in [4.78, 5) is 27.1. The van der Waals surface area contributed by atoms with E-state index in [-0.39, 0.29) is 17.6 Å². The van der Waals surface area contributed by atoms with Gasteiger partial charge in [0.2, 0.25) is 11.8 Å². The van der Waals surface area contributed by atoms with Crippen molar-refractivity contribution in [3.63, 3.8) is 0 Å². The normalized spacial score (nSPS) is 18.5. The third kappa shape index (κ3) is 4.39. The molecule has 3 rings (SSSR count). The number of hydrogen-bond acceptors (Lipinski definition) is 2. The lowest BCUT2D eigenvalue weighted by Crippen LogP contribution is -2.45. The first-order chi connectivity index (χ1) is 14.0. The minimum absolute atomic E-state index is 0.0470. The van der Waals surface area contributed by atoms with Gasteiger partial charge < -0.3 is 10.2 Å². The number of rotatable bonds is 7. The van der Waals surface area contributed by atoms with Gasteiger partial charge in [-0.3, -0.25) is 9.59 Å². The summed E-state index contributed by atoms with van der Waals surface area (Å²) in [6, 6.07) is 14.3. The van der Waals surface area contributed by atoms with Crippen molar-refractivity contribution in [2.45, 2.75) is 26.2 Å². The molecule has 0 aromatic heterocycles. The molecule has 0 unspecified atom stereocenters. The maximum Gasteiger partial charge on any atom is 0.228 e. The van der Waals surface area contributed by atoms with E-state index in [1.165, 1.54) is 6.07 Å². The van der Waals surface area contributed by atoms with Gasteiger partial charge in [0.25, 0.3) is 0 Å². The zero-order valence-electron chi connectivity index (χ0n) is 16.8. The van der Waals surface area contributed by atoms with Crippen LogP contribution in [0.1, 0.15) is 25.3 Å². The Morgan fingerprint density at radius 1 is 1.17 bits per heavy atom. The minimum Gasteiger partial charge on any atom is -0.352 e. The fourth-order valence-corrected chi connectivity index (χ4v) is 4.05. The Labute approximate surface area is 171 Å². The van der Waals surface area contributed by atoms with Crippen molar-refractivity contribution in [2.75, 3.05) is 19.6 Å². The summed E-state index contributed by atoms with van der Waals surface area (Å²) in [5.41, 5.74) is 1.46. The van der Waals surface area contributed by atoms with E-state index < -0.39 is 5.41 Å². The average molecular weight is 394 g/mol. The summed E-state index contributed by atoms with van der Waals surface area (Å²) in [5.74, 6) is -0.336. The van der Waals surface area contributed by atoms with Crippen molar-refractivity contribution < 1.29 is 14.0 Å². The van der Waals surface area contributed by atoms with Gasteiger partial charge >= 0.3 is 0 Å². The van der Waals surface area contributed by atoms with E-state index in [0.717, 1.165) is 11.1 Å². The summed E-state index contributed by atoms with van der Waals surface area (Å²) in [7, 11) is 0. The largest absolute Gasteiger partial charge is 0.352 e. The lowest BCUT2D eigenvalue weighted by molar-refractivity contribution is -0.133. The number of halogens is 1. The number of nitrogens with zero attached hydrogens (tertiary/aromatic N) is 1. The SMILES string of the molecule is C=CCNC(=O)[C@]1(Cc2ccccc2-c2ccccc2F)CCN(C(=O)CC)C1. The smallest absolute Gasteiger partial charge is 0.228 e. The molecular formula is C24H27FN2O2. The highest BCUT2D eigenvalue weighted by atomic mass is 19.1. The van der Waals surface area contributed by atoms with Crippen LogP contribution in [0.5, 0.6) is 0 Å². The van der Waals surface area contributed by atoms with Crippen LogP contribution in [-0.4, -0.2) is 36.3 Å². The van der Waals surface area contributed by atoms with Crippen molar-refractivity contribution in [1.82, 2.24) is 10.2 Å². The van der Waals surface area contributed by atoms with Gasteiger partial charge in [0.05, 0.1) is 5.41 Å². The number of carbonyl (C=O) groups excluding carboxylic acids is 2. The molecule has 152 valence electrons. The van der Waals surface area contributed by atoms with Crippen LogP contribution in [0.4, 0.5) is 4.39 Å². The molecule has 0 radical (unpaired) electrons. The van der Waals surface area contributed by atoms with E-state index in [9.17, 15) is 14.0 Å². The van der Waals surface area contributed by atoms with Crippen LogP contribution in [0.3, 0.4) is 0 Å². The first kappa shape index (κ1) is 20.8. The van der Waals surface area contributed by atoms with Crippen LogP contribution in [0, 0.1) is 11.2 Å². The predicted molar refractivity (Wildman–Crippen MR) is 113 cm³/mol. The second-order valence-electron chi connectivity index (χ2n) is 7.51. The van der Waals surface area contributed by atoms with Crippen LogP contribution >= 0.6 is 0 Å². The summed E-state index contributed by atoms with van der Waals surface area (Å²) < 4.78 is 14.5. The molecule has 0 aliphatic carbocycles. The quantitative estimate of drug-likeness (QED) is 0.723. The Bertz CT molecular complexity index is 911. The first-order valence-electron chi connectivity index (χ1n) is 10.0. The predicted octanol–water partition coefficient (Wildman–Crippen LogP) is 3.97. The number of benzene rings is 2. The minimum atomic E-state index is -0.741. The zero-order valence-corrected chi connectivity index (χ0v) is 16.8. The lowest BCUT2D eigenvalue weighted by Gasteiger charge is -2.29. The molecule has 1 aliphatic heterocycles. The summed E-state index contributed by atoms with van der Waals surface area (Å²) in [6.45, 7) is 6.79. The second kappa shape index (κ2) is 9.03. The molecule has 1 fully saturated rings. The van der Waals surface area contributed by atoms with Gasteiger partial charge in [-0.05, 0) is 30.0 Å². The Morgan fingerprint density at radius 3 is 2.55 bits per heavy atom. The van der Waals surface area contributed by atoms with E-state index in [0.29, 0.717) is 44.5 Å². The number of hydrogen-bond donors (Lipinski definition) is 1. The monoisotopic (exact) mass is 394 g/mol. The molecule has 1 N–H and O–H groups in total. The molecule has 2 amide bonds. The molecule has 5 heteroatoms. The third-order valence-corrected chi connectivity index (χ3v) is 5.61. The molecule has 2 aromatic rings. The average Bonchev–Trinajstić information content (AvgIpc) is 3.17. The topological polar surface area (TPSA) is 49.4 Å². The van der Waals surface area contributed by atoms with Gasteiger partial charge in [-0.1, -0.05) is 55.5 Å². The van der Waals surface area contributed by atoms with Crippen molar-refractivity contribution in [2.24, 2.45) is 5.41 Å². The highest BCUT2D eigenvalue weighted by Crippen LogP contribution is 2.38. The Hall–Kier alpha value is -2.95. The van der Waals surface area contributed by atoms with Gasteiger partial charge in [0.1, 0.15) is 5.82 Å². The van der Waals surface area contributed by atoms with Crippen LogP contribution in [0.15, 0.2) is 61.2 Å². The van der Waals surface area contributed by atoms with Gasteiger partial charge in [0.15, 0.2) is 0 Å². The summed E-state index contributed by atoms with van der Waals surface area (Å²) >= 11 is 0. The number of amides is 2. The number of nitrogens with one attached hydrogen (secondary N) is 1. The van der Waals surface area contributed by atoms with Gasteiger partial charge in [-0.2, -0.15) is 0 Å². The van der Waals surface area contributed by atoms with Gasteiger partial charge in [0, 0.05) is 31.6 Å². The standard InChI is InChI=1S/C24H27FN2O2/c1-3-14-26-23(29)24(13-15-27(17-24)22(28)4-2)16-18-9-5-6-10-19(18)20-11-7-8-12-21(20)25/h3,5-12H,1,4,13-17H2,2H3,(H,26,29)/t24-/m0/s1. The molecule has 29 heavy (non-hydrogen) atoms. The van der Waals surface area contributed by atoms with Crippen LogP contribution in [-0.2, 0) is 16.0 Å². The van der Waals surface area contributed by atoms with E-state index in [1.807, 2.05) is 31.2 Å².